The Labute approximate surface area is 164 Å². The van der Waals surface area contributed by atoms with Gasteiger partial charge in [-0.15, -0.1) is 0 Å². The third-order valence-electron chi connectivity index (χ3n) is 3.90. The van der Waals surface area contributed by atoms with Gasteiger partial charge in [0.15, 0.2) is 17.1 Å². The van der Waals surface area contributed by atoms with Crippen LogP contribution in [-0.4, -0.2) is 34.9 Å². The minimum atomic E-state index is -0.243. The fourth-order valence-corrected chi connectivity index (χ4v) is 3.30. The molecule has 8 heteroatoms. The molecular weight excluding hydrogens is 447 g/mol. The van der Waals surface area contributed by atoms with Crippen molar-refractivity contribution in [1.29, 1.82) is 0 Å². The molecule has 0 aliphatic heterocycles. The number of amides is 1. The molecule has 26 heavy (non-hydrogen) atoms. The van der Waals surface area contributed by atoms with E-state index in [2.05, 4.69) is 38.0 Å². The van der Waals surface area contributed by atoms with E-state index in [0.29, 0.717) is 22.7 Å². The third-order valence-corrected chi connectivity index (χ3v) is 4.79. The highest BCUT2D eigenvalue weighted by molar-refractivity contribution is 14.1. The number of rotatable bonds is 5. The molecule has 0 atom stereocenters. The van der Waals surface area contributed by atoms with Crippen LogP contribution in [0.25, 0.3) is 11.0 Å². The maximum absolute atomic E-state index is 12.7. The summed E-state index contributed by atoms with van der Waals surface area (Å²) in [5.41, 5.74) is 1.90. The van der Waals surface area contributed by atoms with Crippen molar-refractivity contribution in [3.8, 4) is 11.5 Å². The van der Waals surface area contributed by atoms with Crippen molar-refractivity contribution in [1.82, 2.24) is 14.8 Å². The molecule has 0 fully saturated rings. The lowest BCUT2D eigenvalue weighted by molar-refractivity contribution is 0.102. The van der Waals surface area contributed by atoms with Crippen LogP contribution in [0.3, 0.4) is 0 Å². The second-order valence-corrected chi connectivity index (χ2v) is 7.12. The lowest BCUT2D eigenvalue weighted by atomic mass is 10.2. The Kier molecular flexibility index (Phi) is 5.30. The summed E-state index contributed by atoms with van der Waals surface area (Å²) in [6, 6.07) is 5.51. The van der Waals surface area contributed by atoms with Crippen molar-refractivity contribution in [2.45, 2.75) is 19.9 Å². The van der Waals surface area contributed by atoms with Crippen molar-refractivity contribution < 1.29 is 14.3 Å². The number of anilines is 1. The molecule has 0 saturated carbocycles. The number of pyridine rings is 1. The van der Waals surface area contributed by atoms with E-state index in [-0.39, 0.29) is 11.9 Å². The first-order valence-corrected chi connectivity index (χ1v) is 9.08. The monoisotopic (exact) mass is 466 g/mol. The standard InChI is InChI=1S/C18H19IN4O3/c1-10(2)23-17-11(8-21-23)5-12(9-20-17)22-18(24)13-6-15(25-3)16(26-4)7-14(13)19/h5-10H,1-4H3,(H,22,24). The van der Waals surface area contributed by atoms with Gasteiger partial charge < -0.3 is 14.8 Å². The average molecular weight is 466 g/mol. The Bertz CT molecular complexity index is 968. The third kappa shape index (κ3) is 3.46. The molecule has 0 unspecified atom stereocenters. The molecule has 1 aromatic carbocycles. The molecule has 2 heterocycles. The highest BCUT2D eigenvalue weighted by Crippen LogP contribution is 2.31. The van der Waals surface area contributed by atoms with Crippen molar-refractivity contribution in [2.24, 2.45) is 0 Å². The average Bonchev–Trinajstić information content (AvgIpc) is 3.04. The van der Waals surface area contributed by atoms with Gasteiger partial charge in [-0.25, -0.2) is 9.67 Å². The summed E-state index contributed by atoms with van der Waals surface area (Å²) in [7, 11) is 3.10. The summed E-state index contributed by atoms with van der Waals surface area (Å²) < 4.78 is 13.2. The number of carbonyl (C=O) groups excluding carboxylic acids is 1. The Balaban J connectivity index is 1.89. The topological polar surface area (TPSA) is 78.3 Å². The quantitative estimate of drug-likeness (QED) is 0.578. The van der Waals surface area contributed by atoms with Gasteiger partial charge in [-0.1, -0.05) is 0 Å². The molecule has 0 saturated heterocycles. The molecule has 3 aromatic rings. The van der Waals surface area contributed by atoms with E-state index >= 15 is 0 Å². The summed E-state index contributed by atoms with van der Waals surface area (Å²) in [6.07, 6.45) is 3.38. The normalized spacial score (nSPS) is 11.0. The molecule has 0 radical (unpaired) electrons. The Morgan fingerprint density at radius 2 is 1.85 bits per heavy atom. The van der Waals surface area contributed by atoms with Crippen molar-refractivity contribution in [3.05, 3.63) is 39.7 Å². The summed E-state index contributed by atoms with van der Waals surface area (Å²) in [6.45, 7) is 4.09. The molecular formula is C18H19IN4O3. The van der Waals surface area contributed by atoms with Gasteiger partial charge in [0.2, 0.25) is 0 Å². The van der Waals surface area contributed by atoms with Crippen LogP contribution in [0.2, 0.25) is 0 Å². The van der Waals surface area contributed by atoms with Gasteiger partial charge in [0.05, 0.1) is 37.9 Å². The number of benzene rings is 1. The van der Waals surface area contributed by atoms with E-state index in [1.54, 1.807) is 31.6 Å². The number of nitrogens with zero attached hydrogens (tertiary/aromatic N) is 3. The number of hydrogen-bond acceptors (Lipinski definition) is 5. The van der Waals surface area contributed by atoms with E-state index in [1.807, 2.05) is 24.6 Å². The fraction of sp³-hybridized carbons (Fsp3) is 0.278. The number of ether oxygens (including phenoxy) is 2. The summed E-state index contributed by atoms with van der Waals surface area (Å²) in [4.78, 5) is 17.1. The summed E-state index contributed by atoms with van der Waals surface area (Å²) >= 11 is 2.10. The van der Waals surface area contributed by atoms with Crippen LogP contribution in [0.5, 0.6) is 11.5 Å². The molecule has 3 rings (SSSR count). The van der Waals surface area contributed by atoms with E-state index in [4.69, 9.17) is 9.47 Å². The molecule has 0 bridgehead atoms. The molecule has 1 amide bonds. The van der Waals surface area contributed by atoms with Gasteiger partial charge >= 0.3 is 0 Å². The highest BCUT2D eigenvalue weighted by Gasteiger charge is 2.16. The zero-order chi connectivity index (χ0) is 18.8. The van der Waals surface area contributed by atoms with Crippen LogP contribution in [0.15, 0.2) is 30.6 Å². The van der Waals surface area contributed by atoms with E-state index < -0.39 is 0 Å². The van der Waals surface area contributed by atoms with Crippen molar-refractivity contribution >= 4 is 45.2 Å². The first kappa shape index (κ1) is 18.4. The minimum absolute atomic E-state index is 0.216. The Hall–Kier alpha value is -2.36. The highest BCUT2D eigenvalue weighted by atomic mass is 127. The predicted octanol–water partition coefficient (Wildman–Crippen LogP) is 3.89. The molecule has 0 aliphatic carbocycles. The maximum atomic E-state index is 12.7. The molecule has 7 nitrogen and oxygen atoms in total. The van der Waals surface area contributed by atoms with Crippen molar-refractivity contribution in [2.75, 3.05) is 19.5 Å². The molecule has 1 N–H and O–H groups in total. The molecule has 0 aliphatic rings. The lowest BCUT2D eigenvalue weighted by Crippen LogP contribution is -2.14. The SMILES string of the molecule is COc1cc(I)c(C(=O)Nc2cnc3c(cnn3C(C)C)c2)cc1OC. The zero-order valence-electron chi connectivity index (χ0n) is 14.9. The maximum Gasteiger partial charge on any atom is 0.256 e. The molecule has 2 aromatic heterocycles. The number of nitrogens with one attached hydrogen (secondary N) is 1. The largest absolute Gasteiger partial charge is 0.493 e. The van der Waals surface area contributed by atoms with Crippen LogP contribution >= 0.6 is 22.6 Å². The minimum Gasteiger partial charge on any atom is -0.493 e. The molecule has 136 valence electrons. The van der Waals surface area contributed by atoms with Gasteiger partial charge in [-0.05, 0) is 54.6 Å². The smallest absolute Gasteiger partial charge is 0.256 e. The number of methoxy groups -OCH3 is 2. The van der Waals surface area contributed by atoms with Gasteiger partial charge in [-0.3, -0.25) is 4.79 Å². The first-order chi connectivity index (χ1) is 12.4. The van der Waals surface area contributed by atoms with E-state index in [9.17, 15) is 4.79 Å². The molecule has 0 spiro atoms. The first-order valence-electron chi connectivity index (χ1n) is 8.00. The van der Waals surface area contributed by atoms with Crippen LogP contribution in [0, 0.1) is 3.57 Å². The van der Waals surface area contributed by atoms with Crippen LogP contribution < -0.4 is 14.8 Å². The van der Waals surface area contributed by atoms with Crippen LogP contribution in [0.1, 0.15) is 30.2 Å². The Morgan fingerprint density at radius 3 is 2.50 bits per heavy atom. The van der Waals surface area contributed by atoms with Gasteiger partial charge in [0, 0.05) is 15.0 Å². The number of hydrogen-bond donors (Lipinski definition) is 1. The summed E-state index contributed by atoms with van der Waals surface area (Å²) in [5.74, 6) is 0.843. The van der Waals surface area contributed by atoms with Crippen LogP contribution in [-0.2, 0) is 0 Å². The fourth-order valence-electron chi connectivity index (χ4n) is 2.61. The second kappa shape index (κ2) is 7.48. The van der Waals surface area contributed by atoms with E-state index in [1.165, 1.54) is 7.11 Å². The lowest BCUT2D eigenvalue weighted by Gasteiger charge is -2.12. The van der Waals surface area contributed by atoms with Gasteiger partial charge in [0.25, 0.3) is 5.91 Å². The zero-order valence-corrected chi connectivity index (χ0v) is 17.1. The van der Waals surface area contributed by atoms with E-state index in [0.717, 1.165) is 14.6 Å². The van der Waals surface area contributed by atoms with Gasteiger partial charge in [0.1, 0.15) is 0 Å². The van der Waals surface area contributed by atoms with Gasteiger partial charge in [-0.2, -0.15) is 5.10 Å². The number of fused-ring (bicyclic) bond motifs is 1. The predicted molar refractivity (Wildman–Crippen MR) is 108 cm³/mol. The van der Waals surface area contributed by atoms with Crippen molar-refractivity contribution in [3.63, 3.8) is 0 Å². The number of aromatic nitrogens is 3. The van der Waals surface area contributed by atoms with Crippen LogP contribution in [0.4, 0.5) is 5.69 Å². The summed E-state index contributed by atoms with van der Waals surface area (Å²) in [5, 5.41) is 8.09. The second-order valence-electron chi connectivity index (χ2n) is 5.96. The number of halogens is 1. The Morgan fingerprint density at radius 1 is 1.15 bits per heavy atom. The number of carbonyl (C=O) groups is 1.